The number of rotatable bonds is 12. The molecule has 1 aliphatic rings. The second-order valence-corrected chi connectivity index (χ2v) is 17.7. The van der Waals surface area contributed by atoms with Gasteiger partial charge in [-0.2, -0.15) is 5.26 Å². The summed E-state index contributed by atoms with van der Waals surface area (Å²) < 4.78 is 13.7. The molecule has 0 bridgehead atoms. The summed E-state index contributed by atoms with van der Waals surface area (Å²) in [5, 5.41) is 16.6. The molecular formula is C31H44N6O3Si. The van der Waals surface area contributed by atoms with Crippen LogP contribution in [0.2, 0.25) is 25.7 Å². The van der Waals surface area contributed by atoms with Gasteiger partial charge in [-0.1, -0.05) is 44.8 Å². The van der Waals surface area contributed by atoms with Gasteiger partial charge in [0.25, 0.3) is 0 Å². The molecule has 1 fully saturated rings. The number of hydrogen-bond donors (Lipinski definition) is 2. The molecule has 0 saturated carbocycles. The molecule has 0 spiro atoms. The molecule has 0 radical (unpaired) electrons. The number of likely N-dealkylation sites (tertiary alicyclic amines) is 1. The van der Waals surface area contributed by atoms with Crippen LogP contribution in [0.3, 0.4) is 0 Å². The number of fused-ring (bicyclic) bond motifs is 1. The highest BCUT2D eigenvalue weighted by Crippen LogP contribution is 2.36. The highest BCUT2D eigenvalue weighted by atomic mass is 28.3. The second kappa shape index (κ2) is 13.5. The summed E-state index contributed by atoms with van der Waals surface area (Å²) in [6, 6.07) is 15.0. The first kappa shape index (κ1) is 30.6. The fraction of sp³-hybridized carbons (Fsp3) is 0.516. The van der Waals surface area contributed by atoms with E-state index in [1.165, 1.54) is 0 Å². The van der Waals surface area contributed by atoms with Crippen molar-refractivity contribution in [2.24, 2.45) is 5.41 Å². The van der Waals surface area contributed by atoms with Crippen LogP contribution >= 0.6 is 0 Å². The molecule has 220 valence electrons. The lowest BCUT2D eigenvalue weighted by atomic mass is 9.77. The van der Waals surface area contributed by atoms with E-state index in [-0.39, 0.29) is 11.4 Å². The molecule has 1 aromatic carbocycles. The fourth-order valence-electron chi connectivity index (χ4n) is 5.25. The molecule has 2 N–H and O–H groups in total. The molecule has 0 unspecified atom stereocenters. The Morgan fingerprint density at radius 1 is 1.15 bits per heavy atom. The van der Waals surface area contributed by atoms with Gasteiger partial charge in [-0.05, 0) is 63.1 Å². The van der Waals surface area contributed by atoms with E-state index < -0.39 is 8.07 Å². The summed E-state index contributed by atoms with van der Waals surface area (Å²) in [4.78, 5) is 20.0. The third-order valence-electron chi connectivity index (χ3n) is 7.97. The van der Waals surface area contributed by atoms with E-state index in [0.717, 1.165) is 66.4 Å². The van der Waals surface area contributed by atoms with Gasteiger partial charge in [-0.25, -0.2) is 9.78 Å². The normalized spacial score (nSPS) is 15.4. The van der Waals surface area contributed by atoms with E-state index in [1.54, 1.807) is 7.11 Å². The number of pyridine rings is 1. The molecule has 4 rings (SSSR count). The van der Waals surface area contributed by atoms with E-state index in [0.29, 0.717) is 32.1 Å². The Morgan fingerprint density at radius 2 is 1.90 bits per heavy atom. The molecule has 1 aliphatic heterocycles. The van der Waals surface area contributed by atoms with Gasteiger partial charge < -0.3 is 24.3 Å². The van der Waals surface area contributed by atoms with Gasteiger partial charge in [-0.3, -0.25) is 5.32 Å². The van der Waals surface area contributed by atoms with Gasteiger partial charge in [0.1, 0.15) is 23.9 Å². The Labute approximate surface area is 244 Å². The smallest absolute Gasteiger partial charge is 0.320 e. The average Bonchev–Trinajstić information content (AvgIpc) is 3.32. The number of ether oxygens (including phenoxy) is 2. The number of urea groups is 1. The topological polar surface area (TPSA) is 104 Å². The molecule has 2 amide bonds. The standard InChI is InChI=1S/C31H44N6O3Si/c1-6-36-17-14-31(22-32,15-18-36)13-16-33-30(38)35-28-12-11-25-26(24-9-7-8-10-27(24)39-2)21-37(29(25)34-28)23-40-19-20-41(3,4)5/h7-12,21H,6,13-20,23H2,1-5H3,(H2,33,34,35,38). The van der Waals surface area contributed by atoms with Crippen molar-refractivity contribution in [3.63, 3.8) is 0 Å². The number of carbonyl (C=O) groups is 1. The zero-order valence-corrected chi connectivity index (χ0v) is 26.1. The third kappa shape index (κ3) is 7.88. The predicted octanol–water partition coefficient (Wildman–Crippen LogP) is 6.16. The molecule has 41 heavy (non-hydrogen) atoms. The number of aromatic nitrogens is 2. The highest BCUT2D eigenvalue weighted by Gasteiger charge is 2.34. The number of hydrogen-bond acceptors (Lipinski definition) is 6. The van der Waals surface area contributed by atoms with Crippen molar-refractivity contribution in [2.45, 2.75) is 58.6 Å². The second-order valence-electron chi connectivity index (χ2n) is 12.1. The minimum Gasteiger partial charge on any atom is -0.496 e. The first-order chi connectivity index (χ1) is 19.7. The number of benzene rings is 1. The number of carbonyl (C=O) groups excluding carboxylic acids is 1. The summed E-state index contributed by atoms with van der Waals surface area (Å²) in [5.74, 6) is 1.23. The Hall–Kier alpha value is -3.39. The van der Waals surface area contributed by atoms with Gasteiger partial charge >= 0.3 is 6.03 Å². The van der Waals surface area contributed by atoms with Gasteiger partial charge in [0.05, 0.1) is 18.6 Å². The minimum absolute atomic E-state index is 0.328. The van der Waals surface area contributed by atoms with Crippen molar-refractivity contribution in [1.82, 2.24) is 19.8 Å². The number of amides is 2. The van der Waals surface area contributed by atoms with Crippen LogP contribution in [0.25, 0.3) is 22.2 Å². The van der Waals surface area contributed by atoms with Crippen molar-refractivity contribution in [1.29, 1.82) is 5.26 Å². The van der Waals surface area contributed by atoms with Crippen LogP contribution in [-0.2, 0) is 11.5 Å². The first-order valence-corrected chi connectivity index (χ1v) is 18.3. The van der Waals surface area contributed by atoms with Crippen LogP contribution in [0.1, 0.15) is 26.2 Å². The van der Waals surface area contributed by atoms with Gasteiger partial charge in [0.2, 0.25) is 0 Å². The van der Waals surface area contributed by atoms with Crippen molar-refractivity contribution in [3.05, 3.63) is 42.6 Å². The maximum absolute atomic E-state index is 12.8. The lowest BCUT2D eigenvalue weighted by molar-refractivity contribution is 0.0899. The van der Waals surface area contributed by atoms with Crippen molar-refractivity contribution < 1.29 is 14.3 Å². The lowest BCUT2D eigenvalue weighted by Gasteiger charge is -2.36. The summed E-state index contributed by atoms with van der Waals surface area (Å²) in [6.07, 6.45) is 4.36. The van der Waals surface area contributed by atoms with Gasteiger partial charge in [-0.15, -0.1) is 0 Å². The number of anilines is 1. The van der Waals surface area contributed by atoms with Crippen LogP contribution in [0, 0.1) is 16.7 Å². The minimum atomic E-state index is -1.21. The lowest BCUT2D eigenvalue weighted by Crippen LogP contribution is -2.41. The van der Waals surface area contributed by atoms with Gasteiger partial charge in [0, 0.05) is 43.9 Å². The molecule has 0 aliphatic carbocycles. The maximum Gasteiger partial charge on any atom is 0.320 e. The maximum atomic E-state index is 12.8. The molecule has 0 atom stereocenters. The summed E-state index contributed by atoms with van der Waals surface area (Å²) >= 11 is 0. The van der Waals surface area contributed by atoms with Crippen LogP contribution in [0.5, 0.6) is 5.75 Å². The molecule has 3 heterocycles. The average molecular weight is 577 g/mol. The SMILES string of the molecule is CCN1CCC(C#N)(CCNC(=O)Nc2ccc3c(-c4ccccc4OC)cn(COCC[Si](C)(C)C)c3n2)CC1. The summed E-state index contributed by atoms with van der Waals surface area (Å²) in [6.45, 7) is 13.5. The number of nitrogens with zero attached hydrogens (tertiary/aromatic N) is 4. The quantitative estimate of drug-likeness (QED) is 0.198. The number of nitrogens with one attached hydrogen (secondary N) is 2. The van der Waals surface area contributed by atoms with Crippen LogP contribution in [0.15, 0.2) is 42.6 Å². The van der Waals surface area contributed by atoms with Crippen molar-refractivity contribution in [2.75, 3.05) is 45.2 Å². The Bertz CT molecular complexity index is 1370. The molecular weight excluding hydrogens is 532 g/mol. The number of methoxy groups -OCH3 is 1. The Morgan fingerprint density at radius 3 is 2.59 bits per heavy atom. The van der Waals surface area contributed by atoms with E-state index in [9.17, 15) is 10.1 Å². The third-order valence-corrected chi connectivity index (χ3v) is 9.68. The first-order valence-electron chi connectivity index (χ1n) is 14.6. The monoisotopic (exact) mass is 576 g/mol. The summed E-state index contributed by atoms with van der Waals surface area (Å²) in [7, 11) is 0.458. The molecule has 3 aromatic rings. The highest BCUT2D eigenvalue weighted by molar-refractivity contribution is 6.76. The van der Waals surface area contributed by atoms with E-state index in [4.69, 9.17) is 14.5 Å². The zero-order valence-electron chi connectivity index (χ0n) is 25.1. The van der Waals surface area contributed by atoms with E-state index >= 15 is 0 Å². The number of piperidine rings is 1. The molecule has 10 heteroatoms. The Kier molecular flexibility index (Phi) is 10.1. The molecule has 2 aromatic heterocycles. The largest absolute Gasteiger partial charge is 0.496 e. The van der Waals surface area contributed by atoms with Crippen LogP contribution < -0.4 is 15.4 Å². The van der Waals surface area contributed by atoms with Crippen molar-refractivity contribution >= 4 is 31.0 Å². The van der Waals surface area contributed by atoms with Gasteiger partial charge in [0.15, 0.2) is 0 Å². The molecule has 1 saturated heterocycles. The fourth-order valence-corrected chi connectivity index (χ4v) is 6.00. The molecule has 9 nitrogen and oxygen atoms in total. The number of nitriles is 1. The summed E-state index contributed by atoms with van der Waals surface area (Å²) in [5.41, 5.74) is 2.31. The number of para-hydroxylation sites is 1. The van der Waals surface area contributed by atoms with Crippen molar-refractivity contribution in [3.8, 4) is 22.9 Å². The Balaban J connectivity index is 1.47. The van der Waals surface area contributed by atoms with Crippen LogP contribution in [0.4, 0.5) is 10.6 Å². The predicted molar refractivity (Wildman–Crippen MR) is 167 cm³/mol. The van der Waals surface area contributed by atoms with E-state index in [2.05, 4.69) is 48.2 Å². The van der Waals surface area contributed by atoms with Crippen LogP contribution in [-0.4, -0.2) is 68.5 Å². The van der Waals surface area contributed by atoms with E-state index in [1.807, 2.05) is 47.2 Å². The zero-order chi connectivity index (χ0) is 29.5.